The van der Waals surface area contributed by atoms with E-state index in [0.29, 0.717) is 44.9 Å². The first-order chi connectivity index (χ1) is 60.1. The fourth-order valence-corrected chi connectivity index (χ4v) is 22.1. The molecular formula is C106H268Co7N14O14Si7+7. The third kappa shape index (κ3) is 265. The minimum atomic E-state index is -1.29. The Bertz CT molecular complexity index is 2140. The summed E-state index contributed by atoms with van der Waals surface area (Å²) in [6.45, 7) is 113. The molecule has 0 aliphatic heterocycles. The van der Waals surface area contributed by atoms with E-state index in [1.165, 1.54) is 50.6 Å². The molecule has 0 saturated heterocycles. The van der Waals surface area contributed by atoms with E-state index in [4.69, 9.17) is 91.4 Å². The van der Waals surface area contributed by atoms with Crippen LogP contribution < -0.4 is 0 Å². The van der Waals surface area contributed by atoms with Crippen molar-refractivity contribution in [3.63, 3.8) is 0 Å². The molecule has 0 radical (unpaired) electrons. The van der Waals surface area contributed by atoms with Gasteiger partial charge in [0.1, 0.15) is 0 Å². The zero-order valence-electron chi connectivity index (χ0n) is 109. The number of nitrogens with zero attached hydrogens (tertiary/aromatic N) is 14. The van der Waals surface area contributed by atoms with E-state index in [2.05, 4.69) is 313 Å². The summed E-state index contributed by atoms with van der Waals surface area (Å²) in [5.41, 5.74) is 0.241. The topological polar surface area (TPSA) is 405 Å². The van der Waals surface area contributed by atoms with Gasteiger partial charge in [-0.3, -0.25) is 0 Å². The number of aliphatic hydroxyl groups excluding tert-OH is 14. The van der Waals surface area contributed by atoms with Crippen molar-refractivity contribution in [1.82, 2.24) is 34.3 Å². The van der Waals surface area contributed by atoms with Crippen LogP contribution in [0.5, 0.6) is 0 Å². The van der Waals surface area contributed by atoms with Crippen LogP contribution in [0.2, 0.25) is 136 Å². The SMILES string of the molecule is CC(O)CC(C)O.CC(O)CC(C)O.CC(O)CC(C)O.CC(O)CC(C)O.CC(O)CC(C)O.CC(O)CC(C)O.CC(O)CC(C)O.CCN(CC)CC(C)(C)[N-][Si](C)(C)C.CCN(CC)CCC[N-][Si](C)(C)C.CCN(CC)CC[N-][Si](C)(C)C.CC[Si](CC)(CC)[N-]CCN(C)C.CN(C)CC(C)(C)[N-][Si](C)(C)C.CN(C)CCC[N-][Si](C)(C)C.CN(C)CC[N-][Si](C)(C)C.[CH3-].[CH3-].[CH3-].[CH3-].[CH3-].[CH3-].[CH3-].[Co+3].[Co+3].[Co+3].[Co+3].[Co+3].[Co+3].[Co+3]. The summed E-state index contributed by atoms with van der Waals surface area (Å²) in [6, 6.07) is 3.94. The molecule has 0 bridgehead atoms. The molecule has 0 amide bonds. The maximum atomic E-state index is 8.56. The molecule has 0 aromatic carbocycles. The van der Waals surface area contributed by atoms with Crippen LogP contribution in [-0.2, 0) is 117 Å². The molecule has 148 heavy (non-hydrogen) atoms. The second kappa shape index (κ2) is 136. The number of rotatable bonds is 53. The Morgan fingerprint density at radius 2 is 0.372 bits per heavy atom. The molecule has 0 aliphatic carbocycles. The second-order valence-electron chi connectivity index (χ2n) is 45.0. The average Bonchev–Trinajstić information content (AvgIpc) is 0.876. The molecule has 14 unspecified atom stereocenters. The molecule has 14 N–H and O–H groups in total. The van der Waals surface area contributed by atoms with Gasteiger partial charge in [-0.25, -0.2) is 0 Å². The van der Waals surface area contributed by atoms with Crippen LogP contribution in [-0.4, -0.2) is 434 Å². The summed E-state index contributed by atoms with van der Waals surface area (Å²) in [4.78, 5) is 49.5. The summed E-state index contributed by atoms with van der Waals surface area (Å²) in [5.74, 6) is 0. The van der Waals surface area contributed by atoms with E-state index in [0.717, 1.165) is 98.2 Å². The smallest absolute Gasteiger partial charge is 0.665 e. The summed E-state index contributed by atoms with van der Waals surface area (Å²) >= 11 is 0. The minimum Gasteiger partial charge on any atom is -0.665 e. The van der Waals surface area contributed by atoms with Crippen LogP contribution in [0.25, 0.3) is 34.9 Å². The normalized spacial score (nSPS) is 13.7. The van der Waals surface area contributed by atoms with E-state index < -0.39 is 57.6 Å². The standard InChI is InChI=1S/C11H27N2Si.2C10H25N2Si.2C9H23N2Si.C8H21N2Si.C7H19N2Si.7C5H12O2.7CH3.7Co/c1-8-13(9-2)10-11(3,4)12-14(5,6)7;1-6-12(7-2)10-8-9-11-13(3,4)5;1-6-13(7-2,8-3)11-9-10-12(4)5;1-9(2,8-11(3)4)10-12(5,6)7;1-6-11(7-2)9-8-10-12(3,4)5;1-10(2)8-6-7-9-11(3,4)5;1-9(2)7-6-8-10(3,4)5;7*1-4(6)3-5(2)7;;;;;;;;;;;;;;/h8-10H2,1-7H3;2*6-10H2,1-5H3;8H2,1-7H3;6-9H2,1-5H3;6-8H2,1-5H3;6-7H2,1-5H3;7*4-7H,3H2,1-2H3;7*1H3;;;;;;;/q7*-1;;;;;;;;7*-1;7*+3. The second-order valence-corrected chi connectivity index (χ2v) is 77.6. The summed E-state index contributed by atoms with van der Waals surface area (Å²) in [6.07, 6.45) is 0.489. The van der Waals surface area contributed by atoms with Crippen LogP contribution in [0, 0.1) is 52.0 Å². The van der Waals surface area contributed by atoms with Crippen molar-refractivity contribution in [2.45, 2.75) is 477 Å². The van der Waals surface area contributed by atoms with Gasteiger partial charge in [0.05, 0.1) is 85.5 Å². The molecule has 0 aliphatic rings. The number of hydrogen-bond acceptors (Lipinski definition) is 21. The minimum absolute atomic E-state index is 0. The Kier molecular flexibility index (Phi) is 207. The van der Waals surface area contributed by atoms with Crippen LogP contribution in [0.4, 0.5) is 0 Å². The molecule has 0 fully saturated rings. The Labute approximate surface area is 1010 Å². The van der Waals surface area contributed by atoms with Crippen molar-refractivity contribution in [3.05, 3.63) is 86.9 Å². The largest absolute Gasteiger partial charge is 3.00 e. The maximum Gasteiger partial charge on any atom is 3.00 e. The maximum absolute atomic E-state index is 8.56. The van der Waals surface area contributed by atoms with Gasteiger partial charge in [-0.2, -0.15) is 0 Å². The Hall–Kier alpha value is 3.94. The van der Waals surface area contributed by atoms with E-state index in [1.807, 2.05) is 0 Å². The Morgan fingerprint density at radius 1 is 0.209 bits per heavy atom. The van der Waals surface area contributed by atoms with Gasteiger partial charge in [0.25, 0.3) is 0 Å². The fraction of sp³-hybridized carbons (Fsp3) is 0.934. The monoisotopic (exact) mass is 2570 g/mol. The summed E-state index contributed by atoms with van der Waals surface area (Å²) in [7, 11) is 8.53. The predicted octanol–water partition coefficient (Wildman–Crippen LogP) is 22.2. The average molecular weight is 2570 g/mol. The molecule has 0 spiro atoms. The van der Waals surface area contributed by atoms with Gasteiger partial charge in [0.15, 0.2) is 0 Å². The van der Waals surface area contributed by atoms with Gasteiger partial charge in [-0.15, -0.1) is 43.8 Å². The molecule has 0 aromatic rings. The third-order valence-electron chi connectivity index (χ3n) is 17.7. The molecule has 0 saturated carbocycles. The van der Waals surface area contributed by atoms with Gasteiger partial charge < -0.3 is 193 Å². The van der Waals surface area contributed by atoms with Gasteiger partial charge in [0, 0.05) is 0 Å². The van der Waals surface area contributed by atoms with Gasteiger partial charge in [-0.05, 0) is 283 Å². The van der Waals surface area contributed by atoms with Crippen molar-refractivity contribution in [1.29, 1.82) is 0 Å². The number of aliphatic hydroxyl groups is 14. The van der Waals surface area contributed by atoms with Crippen molar-refractivity contribution >= 4 is 57.6 Å². The molecular weight excluding hydrogens is 2300 g/mol. The van der Waals surface area contributed by atoms with E-state index >= 15 is 0 Å². The van der Waals surface area contributed by atoms with Crippen LogP contribution in [0.15, 0.2) is 0 Å². The fourth-order valence-electron chi connectivity index (χ4n) is 12.4. The summed E-state index contributed by atoms with van der Waals surface area (Å²) in [5, 5.41) is 120. The quantitative estimate of drug-likeness (QED) is 0.0153. The zero-order chi connectivity index (χ0) is 110. The molecule has 42 heteroatoms. The van der Waals surface area contributed by atoms with Crippen molar-refractivity contribution in [2.75, 3.05) is 174 Å². The third-order valence-corrected chi connectivity index (χ3v) is 29.8. The van der Waals surface area contributed by atoms with Crippen molar-refractivity contribution in [3.8, 4) is 0 Å². The number of hydrogen-bond donors (Lipinski definition) is 14. The van der Waals surface area contributed by atoms with E-state index in [1.54, 1.807) is 96.9 Å². The van der Waals surface area contributed by atoms with Crippen LogP contribution in [0.3, 0.4) is 0 Å². The first-order valence-corrected chi connectivity index (χ1v) is 74.6. The molecule has 28 nitrogen and oxygen atoms in total. The van der Waals surface area contributed by atoms with Crippen molar-refractivity contribution in [2.24, 2.45) is 0 Å². The molecule has 0 rings (SSSR count). The van der Waals surface area contributed by atoms with Crippen molar-refractivity contribution < 1.29 is 189 Å². The Morgan fingerprint density at radius 3 is 0.520 bits per heavy atom. The molecule has 930 valence electrons. The molecule has 0 heterocycles. The first-order valence-electron chi connectivity index (χ1n) is 51.3. The molecule has 0 aromatic heterocycles. The number of likely N-dealkylation sites (N-methyl/N-ethyl adjacent to an activating group) is 5. The Balaban J connectivity index is -0.0000000403. The first kappa shape index (κ1) is 225. The zero-order valence-corrected chi connectivity index (χ0v) is 123. The van der Waals surface area contributed by atoms with Gasteiger partial charge in [0.2, 0.25) is 0 Å². The van der Waals surface area contributed by atoms with Crippen LogP contribution >= 0.6 is 0 Å². The molecule has 14 atom stereocenters. The summed E-state index contributed by atoms with van der Waals surface area (Å²) < 4.78 is 0. The predicted molar refractivity (Wildman–Crippen MR) is 661 cm³/mol. The van der Waals surface area contributed by atoms with E-state index in [9.17, 15) is 0 Å². The van der Waals surface area contributed by atoms with Gasteiger partial charge >= 0.3 is 117 Å². The van der Waals surface area contributed by atoms with E-state index in [-0.39, 0.29) is 266 Å². The van der Waals surface area contributed by atoms with Crippen LogP contribution in [0.1, 0.15) is 245 Å². The van der Waals surface area contributed by atoms with Gasteiger partial charge in [-0.1, -0.05) is 296 Å².